The van der Waals surface area contributed by atoms with Gasteiger partial charge in [-0.05, 0) is 45.1 Å². The number of halogens is 1. The van der Waals surface area contributed by atoms with E-state index in [-0.39, 0.29) is 18.3 Å². The van der Waals surface area contributed by atoms with Gasteiger partial charge in [0, 0.05) is 6.54 Å². The quantitative estimate of drug-likeness (QED) is 0.514. The zero-order valence-electron chi connectivity index (χ0n) is 17.5. The summed E-state index contributed by atoms with van der Waals surface area (Å²) in [6, 6.07) is 8.20. The molecule has 1 aromatic rings. The molecular formula is C21H30BClN2O3. The van der Waals surface area contributed by atoms with Crippen molar-refractivity contribution < 1.29 is 14.1 Å². The Morgan fingerprint density at radius 2 is 1.75 bits per heavy atom. The van der Waals surface area contributed by atoms with Gasteiger partial charge in [-0.3, -0.25) is 9.80 Å². The molecule has 0 spiro atoms. The third-order valence-corrected chi connectivity index (χ3v) is 6.25. The van der Waals surface area contributed by atoms with Crippen LogP contribution in [0.25, 0.3) is 0 Å². The predicted octanol–water partition coefficient (Wildman–Crippen LogP) is 3.47. The minimum absolute atomic E-state index is 0.355. The maximum absolute atomic E-state index is 11.5. The molecule has 0 unspecified atom stereocenters. The Labute approximate surface area is 173 Å². The fourth-order valence-electron chi connectivity index (χ4n) is 3.40. The third kappa shape index (κ3) is 4.15. The van der Waals surface area contributed by atoms with Crippen LogP contribution >= 0.6 is 11.6 Å². The molecule has 0 aliphatic carbocycles. The van der Waals surface area contributed by atoms with Crippen LogP contribution in [-0.4, -0.2) is 47.7 Å². The molecule has 152 valence electrons. The zero-order chi connectivity index (χ0) is 20.5. The van der Waals surface area contributed by atoms with Gasteiger partial charge in [0.05, 0.1) is 29.3 Å². The third-order valence-electron chi connectivity index (χ3n) is 5.94. The normalized spacial score (nSPS) is 21.6. The summed E-state index contributed by atoms with van der Waals surface area (Å²) in [5, 5.41) is 4.76. The van der Waals surface area contributed by atoms with E-state index in [0.29, 0.717) is 23.8 Å². The number of nitrogens with zero attached hydrogens (tertiary/aromatic N) is 2. The Morgan fingerprint density at radius 1 is 1.14 bits per heavy atom. The smallest absolute Gasteiger partial charge is 0.399 e. The maximum atomic E-state index is 11.5. The van der Waals surface area contributed by atoms with Crippen LogP contribution in [0.4, 0.5) is 0 Å². The number of carbonyl (C=O) groups is 1. The summed E-state index contributed by atoms with van der Waals surface area (Å²) in [6.45, 7) is 12.5. The lowest BCUT2D eigenvalue weighted by molar-refractivity contribution is -0.108. The number of hydrogen-bond donors (Lipinski definition) is 0. The van der Waals surface area contributed by atoms with Crippen molar-refractivity contribution in [2.45, 2.75) is 65.2 Å². The van der Waals surface area contributed by atoms with Crippen molar-refractivity contribution in [3.63, 3.8) is 0 Å². The first-order valence-corrected chi connectivity index (χ1v) is 10.4. The molecule has 1 saturated heterocycles. The summed E-state index contributed by atoms with van der Waals surface area (Å²) in [7, 11) is -0.369. The van der Waals surface area contributed by atoms with Crippen molar-refractivity contribution in [2.75, 3.05) is 13.1 Å². The molecule has 0 bridgehead atoms. The molecule has 0 N–H and O–H groups in total. The van der Waals surface area contributed by atoms with Gasteiger partial charge >= 0.3 is 7.12 Å². The molecule has 1 aromatic carbocycles. The van der Waals surface area contributed by atoms with Crippen molar-refractivity contribution in [3.8, 4) is 0 Å². The Balaban J connectivity index is 1.72. The maximum Gasteiger partial charge on any atom is 0.494 e. The number of carbonyl (C=O) groups excluding carboxylic acids is 1. The highest BCUT2D eigenvalue weighted by Gasteiger charge is 2.51. The number of rotatable bonds is 7. The second-order valence-corrected chi connectivity index (χ2v) is 8.99. The van der Waals surface area contributed by atoms with Gasteiger partial charge in [0.2, 0.25) is 0 Å². The first-order valence-electron chi connectivity index (χ1n) is 9.99. The molecule has 0 aromatic heterocycles. The molecule has 7 heteroatoms. The van der Waals surface area contributed by atoms with Gasteiger partial charge in [0.15, 0.2) is 6.29 Å². The lowest BCUT2D eigenvalue weighted by Crippen LogP contribution is -2.41. The molecule has 5 nitrogen and oxygen atoms in total. The van der Waals surface area contributed by atoms with E-state index in [2.05, 4.69) is 51.8 Å². The lowest BCUT2D eigenvalue weighted by atomic mass is 9.79. The fraction of sp³-hybridized carbons (Fsp3) is 0.571. The summed E-state index contributed by atoms with van der Waals surface area (Å²) < 4.78 is 12.2. The van der Waals surface area contributed by atoms with Crippen LogP contribution in [0.5, 0.6) is 0 Å². The Morgan fingerprint density at radius 3 is 2.29 bits per heavy atom. The van der Waals surface area contributed by atoms with E-state index < -0.39 is 0 Å². The van der Waals surface area contributed by atoms with Crippen LogP contribution in [0.3, 0.4) is 0 Å². The van der Waals surface area contributed by atoms with Gasteiger partial charge < -0.3 is 9.31 Å². The Hall–Kier alpha value is -1.34. The molecule has 2 aliphatic heterocycles. The van der Waals surface area contributed by atoms with Crippen molar-refractivity contribution in [1.82, 2.24) is 10.0 Å². The summed E-state index contributed by atoms with van der Waals surface area (Å²) in [5.41, 5.74) is 1.95. The highest BCUT2D eigenvalue weighted by molar-refractivity contribution is 6.62. The van der Waals surface area contributed by atoms with E-state index in [4.69, 9.17) is 20.9 Å². The van der Waals surface area contributed by atoms with Gasteiger partial charge in [-0.15, -0.1) is 0 Å². The molecule has 0 saturated carbocycles. The Kier molecular flexibility index (Phi) is 6.25. The molecule has 3 rings (SSSR count). The molecule has 2 aliphatic rings. The van der Waals surface area contributed by atoms with Crippen molar-refractivity contribution in [1.29, 1.82) is 0 Å². The van der Waals surface area contributed by atoms with E-state index in [1.54, 1.807) is 0 Å². The van der Waals surface area contributed by atoms with E-state index >= 15 is 0 Å². The molecule has 0 atom stereocenters. The van der Waals surface area contributed by atoms with Crippen molar-refractivity contribution >= 4 is 30.5 Å². The highest BCUT2D eigenvalue weighted by atomic mass is 35.5. The van der Waals surface area contributed by atoms with Crippen molar-refractivity contribution in [2.24, 2.45) is 0 Å². The zero-order valence-corrected chi connectivity index (χ0v) is 18.3. The lowest BCUT2D eigenvalue weighted by Gasteiger charge is -2.32. The number of hydrogen-bond acceptors (Lipinski definition) is 5. The van der Waals surface area contributed by atoms with Crippen LogP contribution in [-0.2, 0) is 20.6 Å². The van der Waals surface area contributed by atoms with Gasteiger partial charge in [-0.25, -0.2) is 5.01 Å². The summed E-state index contributed by atoms with van der Waals surface area (Å²) in [5.74, 6) is 0. The van der Waals surface area contributed by atoms with Crippen LogP contribution in [0, 0.1) is 0 Å². The van der Waals surface area contributed by atoms with Gasteiger partial charge in [-0.1, -0.05) is 49.2 Å². The van der Waals surface area contributed by atoms with Crippen LogP contribution in [0.15, 0.2) is 35.0 Å². The van der Waals surface area contributed by atoms with Crippen LogP contribution in [0.2, 0.25) is 0 Å². The molecule has 1 fully saturated rings. The summed E-state index contributed by atoms with van der Waals surface area (Å²) in [6.07, 6.45) is 3.02. The minimum Gasteiger partial charge on any atom is -0.399 e. The minimum atomic E-state index is -0.369. The molecule has 2 heterocycles. The van der Waals surface area contributed by atoms with Crippen LogP contribution in [0.1, 0.15) is 53.0 Å². The topological polar surface area (TPSA) is 42.0 Å². The van der Waals surface area contributed by atoms with Crippen LogP contribution < -0.4 is 5.46 Å². The molecule has 0 radical (unpaired) electrons. The van der Waals surface area contributed by atoms with E-state index in [1.165, 1.54) is 0 Å². The fourth-order valence-corrected chi connectivity index (χ4v) is 3.68. The van der Waals surface area contributed by atoms with Gasteiger partial charge in [0.25, 0.3) is 0 Å². The second-order valence-electron chi connectivity index (χ2n) is 8.54. The highest BCUT2D eigenvalue weighted by Crippen LogP contribution is 2.36. The van der Waals surface area contributed by atoms with E-state index in [0.717, 1.165) is 36.7 Å². The average Bonchev–Trinajstić information content (AvgIpc) is 3.05. The van der Waals surface area contributed by atoms with E-state index in [9.17, 15) is 4.79 Å². The molecule has 28 heavy (non-hydrogen) atoms. The van der Waals surface area contributed by atoms with E-state index in [1.807, 2.05) is 17.1 Å². The predicted molar refractivity (Wildman–Crippen MR) is 113 cm³/mol. The second kappa shape index (κ2) is 8.19. The Bertz CT molecular complexity index is 733. The monoisotopic (exact) mass is 404 g/mol. The number of allylic oxidation sites excluding steroid dienone is 1. The molecule has 0 amide bonds. The SMILES string of the molecule is CCCCN1CC(Cl)=C(C=O)N1Cc1ccc(B2OC(C)(C)C(C)(C)O2)cc1. The average molecular weight is 405 g/mol. The number of aldehydes is 1. The first-order chi connectivity index (χ1) is 13.2. The number of hydrazine groups is 1. The van der Waals surface area contributed by atoms with Gasteiger partial charge in [0.1, 0.15) is 5.70 Å². The number of unbranched alkanes of at least 4 members (excludes halogenated alkanes) is 1. The largest absolute Gasteiger partial charge is 0.494 e. The number of benzene rings is 1. The first kappa shape index (κ1) is 21.4. The van der Waals surface area contributed by atoms with Crippen molar-refractivity contribution in [3.05, 3.63) is 40.6 Å². The summed E-state index contributed by atoms with van der Waals surface area (Å²) in [4.78, 5) is 11.5. The molecular weight excluding hydrogens is 375 g/mol. The standard InChI is InChI=1S/C21H30BClN2O3/c1-6-7-12-24-14-18(23)19(15-26)25(24)13-16-8-10-17(11-9-16)22-27-20(2,3)21(4,5)28-22/h8-11,15H,6-7,12-14H2,1-5H3. The van der Waals surface area contributed by atoms with Gasteiger partial charge in [-0.2, -0.15) is 0 Å². The summed E-state index contributed by atoms with van der Waals surface area (Å²) >= 11 is 6.31.